The summed E-state index contributed by atoms with van der Waals surface area (Å²) < 4.78 is 5.01. The van der Waals surface area contributed by atoms with Crippen LogP contribution in [0.4, 0.5) is 0 Å². The fourth-order valence-corrected chi connectivity index (χ4v) is 1.06. The molecular formula is C7H4ClNO2. The van der Waals surface area contributed by atoms with Gasteiger partial charge in [-0.25, -0.2) is 0 Å². The Morgan fingerprint density at radius 2 is 2.45 bits per heavy atom. The van der Waals surface area contributed by atoms with Gasteiger partial charge in [-0.15, -0.1) is 0 Å². The quantitative estimate of drug-likeness (QED) is 0.665. The van der Waals surface area contributed by atoms with Crippen LogP contribution in [0.15, 0.2) is 22.8 Å². The van der Waals surface area contributed by atoms with Gasteiger partial charge in [-0.05, 0) is 11.6 Å². The summed E-state index contributed by atoms with van der Waals surface area (Å²) in [5.74, 6) is 0. The van der Waals surface area contributed by atoms with Crippen LogP contribution in [0.1, 0.15) is 10.5 Å². The van der Waals surface area contributed by atoms with Crippen LogP contribution in [-0.4, -0.2) is 10.2 Å². The number of aromatic amines is 1. The molecule has 0 aliphatic heterocycles. The fraction of sp³-hybridized carbons (Fsp3) is 0. The number of carbonyl (C=O) groups is 1. The van der Waals surface area contributed by atoms with E-state index in [1.165, 1.54) is 0 Å². The van der Waals surface area contributed by atoms with E-state index in [1.807, 2.05) is 0 Å². The topological polar surface area (TPSA) is 46.0 Å². The van der Waals surface area contributed by atoms with Crippen LogP contribution in [0.2, 0.25) is 0 Å². The van der Waals surface area contributed by atoms with Gasteiger partial charge in [0.25, 0.3) is 5.24 Å². The number of fused-ring (bicyclic) bond motifs is 1. The summed E-state index contributed by atoms with van der Waals surface area (Å²) in [6, 6.07) is 3.31. The van der Waals surface area contributed by atoms with E-state index in [1.54, 1.807) is 18.4 Å². The molecule has 0 saturated carbocycles. The van der Waals surface area contributed by atoms with E-state index >= 15 is 0 Å². The Labute approximate surface area is 66.9 Å². The van der Waals surface area contributed by atoms with Gasteiger partial charge in [0.15, 0.2) is 5.58 Å². The molecule has 0 aliphatic rings. The Bertz CT molecular complexity index is 373. The molecule has 3 nitrogen and oxygen atoms in total. The molecule has 11 heavy (non-hydrogen) atoms. The number of furan rings is 1. The van der Waals surface area contributed by atoms with Gasteiger partial charge >= 0.3 is 0 Å². The molecule has 4 heteroatoms. The van der Waals surface area contributed by atoms with Gasteiger partial charge in [0, 0.05) is 12.1 Å². The summed E-state index contributed by atoms with van der Waals surface area (Å²) in [6.07, 6.45) is 1.55. The standard InChI is InChI=1S/C7H4ClNO2/c8-7(10)5-3-6-4(9-5)1-2-11-6/h1-3,9H. The van der Waals surface area contributed by atoms with E-state index in [9.17, 15) is 4.79 Å². The second-order valence-corrected chi connectivity index (χ2v) is 2.50. The average molecular weight is 170 g/mol. The van der Waals surface area contributed by atoms with E-state index in [2.05, 4.69) is 4.98 Å². The second-order valence-electron chi connectivity index (χ2n) is 2.16. The summed E-state index contributed by atoms with van der Waals surface area (Å²) in [7, 11) is 0. The predicted molar refractivity (Wildman–Crippen MR) is 40.7 cm³/mol. The van der Waals surface area contributed by atoms with Crippen molar-refractivity contribution < 1.29 is 9.21 Å². The van der Waals surface area contributed by atoms with Gasteiger partial charge < -0.3 is 9.40 Å². The van der Waals surface area contributed by atoms with Gasteiger partial charge in [0.05, 0.1) is 11.8 Å². The molecular weight excluding hydrogens is 166 g/mol. The monoisotopic (exact) mass is 169 g/mol. The van der Waals surface area contributed by atoms with E-state index in [4.69, 9.17) is 16.0 Å². The molecule has 2 aromatic heterocycles. The van der Waals surface area contributed by atoms with Crippen molar-refractivity contribution in [2.75, 3.05) is 0 Å². The normalized spacial score (nSPS) is 10.6. The Morgan fingerprint density at radius 3 is 3.09 bits per heavy atom. The number of carbonyl (C=O) groups excluding carboxylic acids is 1. The molecule has 2 rings (SSSR count). The SMILES string of the molecule is O=C(Cl)c1cc2occc2[nH]1. The van der Waals surface area contributed by atoms with Crippen molar-refractivity contribution in [3.8, 4) is 0 Å². The van der Waals surface area contributed by atoms with E-state index in [0.717, 1.165) is 5.52 Å². The van der Waals surface area contributed by atoms with Crippen LogP contribution < -0.4 is 0 Å². The van der Waals surface area contributed by atoms with Crippen LogP contribution >= 0.6 is 11.6 Å². The number of H-pyrrole nitrogens is 1. The largest absolute Gasteiger partial charge is 0.463 e. The molecule has 0 aromatic carbocycles. The van der Waals surface area contributed by atoms with Gasteiger partial charge in [-0.1, -0.05) is 0 Å². The number of halogens is 1. The Hall–Kier alpha value is -1.22. The first-order chi connectivity index (χ1) is 5.27. The van der Waals surface area contributed by atoms with Crippen LogP contribution in [0.25, 0.3) is 11.1 Å². The highest BCUT2D eigenvalue weighted by atomic mass is 35.5. The maximum atomic E-state index is 10.6. The first-order valence-corrected chi connectivity index (χ1v) is 3.41. The smallest absolute Gasteiger partial charge is 0.268 e. The number of nitrogens with one attached hydrogen (secondary N) is 1. The van der Waals surface area contributed by atoms with Crippen LogP contribution in [0, 0.1) is 0 Å². The summed E-state index contributed by atoms with van der Waals surface area (Å²) in [5.41, 5.74) is 1.80. The third-order valence-corrected chi connectivity index (χ3v) is 1.66. The van der Waals surface area contributed by atoms with Crippen molar-refractivity contribution >= 4 is 27.9 Å². The second kappa shape index (κ2) is 2.13. The molecule has 2 heterocycles. The zero-order chi connectivity index (χ0) is 7.84. The molecule has 0 amide bonds. The zero-order valence-electron chi connectivity index (χ0n) is 5.43. The van der Waals surface area contributed by atoms with Crippen LogP contribution in [0.3, 0.4) is 0 Å². The minimum absolute atomic E-state index is 0.362. The van der Waals surface area contributed by atoms with Gasteiger partial charge in [-0.2, -0.15) is 0 Å². The molecule has 56 valence electrons. The third-order valence-electron chi connectivity index (χ3n) is 1.45. The van der Waals surface area contributed by atoms with E-state index in [-0.39, 0.29) is 0 Å². The molecule has 0 spiro atoms. The molecule has 0 saturated heterocycles. The number of hydrogen-bond acceptors (Lipinski definition) is 2. The minimum Gasteiger partial charge on any atom is -0.463 e. The number of rotatable bonds is 1. The predicted octanol–water partition coefficient (Wildman–Crippen LogP) is 2.14. The number of aromatic nitrogens is 1. The fourth-order valence-electron chi connectivity index (χ4n) is 0.954. The molecule has 0 bridgehead atoms. The lowest BCUT2D eigenvalue weighted by atomic mass is 10.4. The first-order valence-electron chi connectivity index (χ1n) is 3.03. The van der Waals surface area contributed by atoms with Crippen molar-refractivity contribution in [3.05, 3.63) is 24.1 Å². The van der Waals surface area contributed by atoms with Crippen molar-refractivity contribution in [3.63, 3.8) is 0 Å². The van der Waals surface area contributed by atoms with Gasteiger partial charge in [-0.3, -0.25) is 4.79 Å². The van der Waals surface area contributed by atoms with Crippen LogP contribution in [0.5, 0.6) is 0 Å². The third kappa shape index (κ3) is 0.935. The highest BCUT2D eigenvalue weighted by Gasteiger charge is 2.07. The molecule has 2 aromatic rings. The van der Waals surface area contributed by atoms with Gasteiger partial charge in [0.1, 0.15) is 5.69 Å². The van der Waals surface area contributed by atoms with E-state index in [0.29, 0.717) is 11.3 Å². The Balaban J connectivity index is 2.67. The molecule has 0 radical (unpaired) electrons. The molecule has 0 fully saturated rings. The average Bonchev–Trinajstić information content (AvgIpc) is 2.40. The highest BCUT2D eigenvalue weighted by molar-refractivity contribution is 6.67. The van der Waals surface area contributed by atoms with Crippen molar-refractivity contribution in [1.29, 1.82) is 0 Å². The molecule has 1 N–H and O–H groups in total. The minimum atomic E-state index is -0.503. The Kier molecular flexibility index (Phi) is 1.26. The van der Waals surface area contributed by atoms with Crippen molar-refractivity contribution in [2.45, 2.75) is 0 Å². The van der Waals surface area contributed by atoms with Crippen molar-refractivity contribution in [1.82, 2.24) is 4.98 Å². The molecule has 0 atom stereocenters. The lowest BCUT2D eigenvalue weighted by molar-refractivity contribution is 0.107. The maximum absolute atomic E-state index is 10.6. The lowest BCUT2D eigenvalue weighted by Crippen LogP contribution is -1.86. The maximum Gasteiger partial charge on any atom is 0.268 e. The first kappa shape index (κ1) is 6.49. The Morgan fingerprint density at radius 1 is 1.64 bits per heavy atom. The van der Waals surface area contributed by atoms with Gasteiger partial charge in [0.2, 0.25) is 0 Å². The number of hydrogen-bond donors (Lipinski definition) is 1. The van der Waals surface area contributed by atoms with Crippen LogP contribution in [-0.2, 0) is 0 Å². The summed E-state index contributed by atoms with van der Waals surface area (Å²) in [6.45, 7) is 0. The highest BCUT2D eigenvalue weighted by Crippen LogP contribution is 2.16. The lowest BCUT2D eigenvalue weighted by Gasteiger charge is -1.80. The zero-order valence-corrected chi connectivity index (χ0v) is 6.18. The molecule has 0 unspecified atom stereocenters. The van der Waals surface area contributed by atoms with Crippen molar-refractivity contribution in [2.24, 2.45) is 0 Å². The summed E-state index contributed by atoms with van der Waals surface area (Å²) in [4.78, 5) is 13.4. The van der Waals surface area contributed by atoms with E-state index < -0.39 is 5.24 Å². The molecule has 0 aliphatic carbocycles. The summed E-state index contributed by atoms with van der Waals surface area (Å²) in [5, 5.41) is -0.503. The summed E-state index contributed by atoms with van der Waals surface area (Å²) >= 11 is 5.22.